The lowest BCUT2D eigenvalue weighted by molar-refractivity contribution is 0.404. The lowest BCUT2D eigenvalue weighted by Crippen LogP contribution is -1.97. The van der Waals surface area contributed by atoms with Crippen LogP contribution in [-0.2, 0) is 0 Å². The van der Waals surface area contributed by atoms with Crippen LogP contribution in [0.5, 0.6) is 11.5 Å². The number of nitrogens with zero attached hydrogens (tertiary/aromatic N) is 2. The summed E-state index contributed by atoms with van der Waals surface area (Å²) < 4.78 is 12.9. The van der Waals surface area contributed by atoms with E-state index in [1.807, 2.05) is 54.8 Å². The maximum Gasteiger partial charge on any atom is 0.137 e. The predicted octanol–water partition coefficient (Wildman–Crippen LogP) is 4.63. The molecule has 0 N–H and O–H groups in total. The first-order valence-corrected chi connectivity index (χ1v) is 7.84. The molecule has 1 atom stereocenters. The Kier molecular flexibility index (Phi) is 4.18. The molecule has 3 rings (SSSR count). The maximum absolute atomic E-state index is 6.47. The van der Waals surface area contributed by atoms with Gasteiger partial charge in [-0.05, 0) is 43.7 Å². The van der Waals surface area contributed by atoms with Crippen LogP contribution < -0.4 is 9.47 Å². The first kappa shape index (κ1) is 15.7. The molecule has 0 aliphatic rings. The van der Waals surface area contributed by atoms with Crippen molar-refractivity contribution in [2.24, 2.45) is 0 Å². The van der Waals surface area contributed by atoms with Gasteiger partial charge in [-0.2, -0.15) is 0 Å². The Morgan fingerprint density at radius 2 is 1.91 bits per heavy atom. The second kappa shape index (κ2) is 6.13. The second-order valence-electron chi connectivity index (χ2n) is 5.46. The molecule has 0 saturated carbocycles. The summed E-state index contributed by atoms with van der Waals surface area (Å²) in [6, 6.07) is 9.71. The van der Waals surface area contributed by atoms with Gasteiger partial charge in [0.25, 0.3) is 0 Å². The molecule has 1 unspecified atom stereocenters. The van der Waals surface area contributed by atoms with Crippen LogP contribution in [-0.4, -0.2) is 23.6 Å². The van der Waals surface area contributed by atoms with Gasteiger partial charge in [0.05, 0.1) is 31.0 Å². The Morgan fingerprint density at radius 1 is 1.13 bits per heavy atom. The van der Waals surface area contributed by atoms with E-state index in [0.29, 0.717) is 0 Å². The first-order valence-electron chi connectivity index (χ1n) is 7.40. The zero-order chi connectivity index (χ0) is 16.6. The summed E-state index contributed by atoms with van der Waals surface area (Å²) in [6.07, 6.45) is 2.05. The minimum atomic E-state index is -0.197. The summed E-state index contributed by atoms with van der Waals surface area (Å²) in [4.78, 5) is 4.77. The van der Waals surface area contributed by atoms with E-state index in [1.165, 1.54) is 0 Å². The standard InChI is InChI=1S/C18H19ClN2O2/c1-11-5-8-16-20-17(18(12(2)19)21(16)10-11)14-9-13(22-3)6-7-15(14)23-4/h5-10,12H,1-4H3. The largest absolute Gasteiger partial charge is 0.497 e. The lowest BCUT2D eigenvalue weighted by atomic mass is 10.1. The van der Waals surface area contributed by atoms with Crippen molar-refractivity contribution >= 4 is 17.2 Å². The van der Waals surface area contributed by atoms with Crippen molar-refractivity contribution in [1.82, 2.24) is 9.38 Å². The zero-order valence-electron chi connectivity index (χ0n) is 13.6. The molecule has 0 spiro atoms. The molecule has 0 saturated heterocycles. The third-order valence-corrected chi connectivity index (χ3v) is 4.05. The molecule has 2 heterocycles. The topological polar surface area (TPSA) is 35.8 Å². The quantitative estimate of drug-likeness (QED) is 0.654. The van der Waals surface area contributed by atoms with Crippen molar-refractivity contribution in [3.63, 3.8) is 0 Å². The SMILES string of the molecule is COc1ccc(OC)c(-c2nc3ccc(C)cn3c2C(C)Cl)c1. The van der Waals surface area contributed by atoms with E-state index in [4.69, 9.17) is 26.1 Å². The molecule has 4 nitrogen and oxygen atoms in total. The number of benzene rings is 1. The van der Waals surface area contributed by atoms with E-state index >= 15 is 0 Å². The van der Waals surface area contributed by atoms with Crippen LogP contribution in [0.25, 0.3) is 16.9 Å². The summed E-state index contributed by atoms with van der Waals surface area (Å²) in [6.45, 7) is 4.00. The second-order valence-corrected chi connectivity index (χ2v) is 6.12. The van der Waals surface area contributed by atoms with Gasteiger partial charge in [0, 0.05) is 11.8 Å². The highest BCUT2D eigenvalue weighted by molar-refractivity contribution is 6.20. The Bertz CT molecular complexity index is 856. The Balaban J connectivity index is 2.33. The number of ether oxygens (including phenoxy) is 2. The average molecular weight is 331 g/mol. The molecule has 120 valence electrons. The van der Waals surface area contributed by atoms with Crippen LogP contribution in [0.2, 0.25) is 0 Å². The average Bonchev–Trinajstić information content (AvgIpc) is 2.92. The molecule has 0 fully saturated rings. The Morgan fingerprint density at radius 3 is 2.57 bits per heavy atom. The lowest BCUT2D eigenvalue weighted by Gasteiger charge is -2.12. The monoisotopic (exact) mass is 330 g/mol. The summed E-state index contributed by atoms with van der Waals surface area (Å²) in [5.74, 6) is 1.49. The molecule has 0 radical (unpaired) electrons. The molecule has 0 aliphatic carbocycles. The summed E-state index contributed by atoms with van der Waals surface area (Å²) in [7, 11) is 3.29. The van der Waals surface area contributed by atoms with E-state index in [0.717, 1.165) is 39.7 Å². The van der Waals surface area contributed by atoms with Crippen molar-refractivity contribution in [2.45, 2.75) is 19.2 Å². The van der Waals surface area contributed by atoms with Crippen LogP contribution in [0.3, 0.4) is 0 Å². The molecular formula is C18H19ClN2O2. The number of hydrogen-bond acceptors (Lipinski definition) is 3. The molecule has 2 aromatic heterocycles. The van der Waals surface area contributed by atoms with Gasteiger partial charge in [-0.3, -0.25) is 0 Å². The predicted molar refractivity (Wildman–Crippen MR) is 92.7 cm³/mol. The fourth-order valence-electron chi connectivity index (χ4n) is 2.75. The van der Waals surface area contributed by atoms with Crippen LogP contribution in [0.4, 0.5) is 0 Å². The van der Waals surface area contributed by atoms with Crippen LogP contribution in [0.1, 0.15) is 23.6 Å². The van der Waals surface area contributed by atoms with Gasteiger partial charge < -0.3 is 13.9 Å². The van der Waals surface area contributed by atoms with Crippen LogP contribution >= 0.6 is 11.6 Å². The number of fused-ring (bicyclic) bond motifs is 1. The number of aryl methyl sites for hydroxylation is 1. The van der Waals surface area contributed by atoms with E-state index in [2.05, 4.69) is 0 Å². The minimum absolute atomic E-state index is 0.197. The van der Waals surface area contributed by atoms with Gasteiger partial charge >= 0.3 is 0 Å². The molecule has 23 heavy (non-hydrogen) atoms. The minimum Gasteiger partial charge on any atom is -0.497 e. The molecule has 5 heteroatoms. The van der Waals surface area contributed by atoms with Crippen molar-refractivity contribution in [3.8, 4) is 22.8 Å². The number of alkyl halides is 1. The van der Waals surface area contributed by atoms with Gasteiger partial charge in [0.15, 0.2) is 0 Å². The van der Waals surface area contributed by atoms with Gasteiger partial charge in [0.1, 0.15) is 17.1 Å². The first-order chi connectivity index (χ1) is 11.0. The van der Waals surface area contributed by atoms with Gasteiger partial charge in [-0.15, -0.1) is 11.6 Å². The number of rotatable bonds is 4. The molecule has 0 bridgehead atoms. The highest BCUT2D eigenvalue weighted by Gasteiger charge is 2.21. The van der Waals surface area contributed by atoms with E-state index < -0.39 is 0 Å². The van der Waals surface area contributed by atoms with Gasteiger partial charge in [0.2, 0.25) is 0 Å². The summed E-state index contributed by atoms with van der Waals surface area (Å²) >= 11 is 6.47. The fraction of sp³-hybridized carbons (Fsp3) is 0.278. The Hall–Kier alpha value is -2.20. The van der Waals surface area contributed by atoms with E-state index in [-0.39, 0.29) is 5.38 Å². The Labute approximate surface area is 140 Å². The van der Waals surface area contributed by atoms with E-state index in [1.54, 1.807) is 14.2 Å². The number of hydrogen-bond donors (Lipinski definition) is 0. The zero-order valence-corrected chi connectivity index (χ0v) is 14.4. The molecule has 0 aliphatic heterocycles. The van der Waals surface area contributed by atoms with Crippen LogP contribution in [0.15, 0.2) is 36.5 Å². The number of halogens is 1. The molecule has 0 amide bonds. The summed E-state index contributed by atoms with van der Waals surface area (Å²) in [5, 5.41) is -0.197. The summed E-state index contributed by atoms with van der Waals surface area (Å²) in [5.41, 5.74) is 4.64. The van der Waals surface area contributed by atoms with Gasteiger partial charge in [-0.1, -0.05) is 6.07 Å². The maximum atomic E-state index is 6.47. The fourth-order valence-corrected chi connectivity index (χ4v) is 2.95. The van der Waals surface area contributed by atoms with Crippen LogP contribution in [0, 0.1) is 6.92 Å². The van der Waals surface area contributed by atoms with E-state index in [9.17, 15) is 0 Å². The third-order valence-electron chi connectivity index (χ3n) is 3.84. The molecule has 1 aromatic carbocycles. The van der Waals surface area contributed by atoms with Crippen molar-refractivity contribution in [3.05, 3.63) is 47.8 Å². The third kappa shape index (κ3) is 2.75. The smallest absolute Gasteiger partial charge is 0.137 e. The van der Waals surface area contributed by atoms with Crippen molar-refractivity contribution in [1.29, 1.82) is 0 Å². The number of methoxy groups -OCH3 is 2. The number of imidazole rings is 1. The van der Waals surface area contributed by atoms with Gasteiger partial charge in [-0.25, -0.2) is 4.98 Å². The molecule has 3 aromatic rings. The normalized spacial score (nSPS) is 12.4. The van der Waals surface area contributed by atoms with Crippen molar-refractivity contribution in [2.75, 3.05) is 14.2 Å². The van der Waals surface area contributed by atoms with Crippen molar-refractivity contribution < 1.29 is 9.47 Å². The number of aromatic nitrogens is 2. The highest BCUT2D eigenvalue weighted by atomic mass is 35.5. The molecular weight excluding hydrogens is 312 g/mol. The number of pyridine rings is 1. The highest BCUT2D eigenvalue weighted by Crippen LogP contribution is 2.38.